The third-order valence-corrected chi connectivity index (χ3v) is 5.31. The first-order chi connectivity index (χ1) is 14.8. The van der Waals surface area contributed by atoms with Gasteiger partial charge in [-0.2, -0.15) is 0 Å². The van der Waals surface area contributed by atoms with Crippen molar-refractivity contribution in [2.75, 3.05) is 19.7 Å². The van der Waals surface area contributed by atoms with Crippen LogP contribution in [0.15, 0.2) is 42.5 Å². The van der Waals surface area contributed by atoms with Crippen LogP contribution >= 0.6 is 23.2 Å². The van der Waals surface area contributed by atoms with Crippen LogP contribution in [0.4, 0.5) is 0 Å². The van der Waals surface area contributed by atoms with E-state index in [1.807, 2.05) is 20.8 Å². The van der Waals surface area contributed by atoms with Gasteiger partial charge in [0.2, 0.25) is 5.91 Å². The summed E-state index contributed by atoms with van der Waals surface area (Å²) in [4.78, 5) is 25.1. The van der Waals surface area contributed by atoms with Gasteiger partial charge in [-0.25, -0.2) is 4.79 Å². The molecule has 0 heterocycles. The highest BCUT2D eigenvalue weighted by atomic mass is 35.5. The second-order valence-corrected chi connectivity index (χ2v) is 7.49. The van der Waals surface area contributed by atoms with E-state index in [2.05, 4.69) is 0 Å². The van der Waals surface area contributed by atoms with Crippen LogP contribution < -0.4 is 9.47 Å². The number of ether oxygens (including phenoxy) is 2. The van der Waals surface area contributed by atoms with E-state index in [0.717, 1.165) is 5.57 Å². The summed E-state index contributed by atoms with van der Waals surface area (Å²) in [5.74, 6) is -0.631. The highest BCUT2D eigenvalue weighted by molar-refractivity contribution is 6.35. The SMILES string of the molecule is CCN(CC)C(=O)/C=C(/C)c1ccc(OCc2c(Cl)cccc2Cl)c(OCC(=O)O)c1. The summed E-state index contributed by atoms with van der Waals surface area (Å²) < 4.78 is 11.2. The fourth-order valence-corrected chi connectivity index (χ4v) is 3.35. The van der Waals surface area contributed by atoms with Crippen molar-refractivity contribution in [1.29, 1.82) is 0 Å². The topological polar surface area (TPSA) is 76.1 Å². The number of nitrogens with zero attached hydrogens (tertiary/aromatic N) is 1. The van der Waals surface area contributed by atoms with E-state index in [1.165, 1.54) is 0 Å². The van der Waals surface area contributed by atoms with Gasteiger partial charge in [0.15, 0.2) is 18.1 Å². The van der Waals surface area contributed by atoms with Crippen LogP contribution in [0.3, 0.4) is 0 Å². The molecule has 0 aliphatic carbocycles. The van der Waals surface area contributed by atoms with Crippen molar-refractivity contribution in [3.05, 3.63) is 63.6 Å². The molecule has 0 aliphatic heterocycles. The summed E-state index contributed by atoms with van der Waals surface area (Å²) in [6.07, 6.45) is 1.55. The smallest absolute Gasteiger partial charge is 0.341 e. The van der Waals surface area contributed by atoms with Gasteiger partial charge < -0.3 is 19.5 Å². The number of amides is 1. The predicted molar refractivity (Wildman–Crippen MR) is 122 cm³/mol. The van der Waals surface area contributed by atoms with E-state index in [0.29, 0.717) is 40.0 Å². The van der Waals surface area contributed by atoms with Gasteiger partial charge in [0.05, 0.1) is 0 Å². The van der Waals surface area contributed by atoms with Crippen molar-refractivity contribution in [2.24, 2.45) is 0 Å². The van der Waals surface area contributed by atoms with Crippen molar-refractivity contribution in [3.63, 3.8) is 0 Å². The maximum absolute atomic E-state index is 12.4. The van der Waals surface area contributed by atoms with Gasteiger partial charge in [-0.15, -0.1) is 0 Å². The quantitative estimate of drug-likeness (QED) is 0.481. The second kappa shape index (κ2) is 11.6. The molecule has 31 heavy (non-hydrogen) atoms. The van der Waals surface area contributed by atoms with Gasteiger partial charge >= 0.3 is 5.97 Å². The van der Waals surface area contributed by atoms with E-state index in [9.17, 15) is 9.59 Å². The van der Waals surface area contributed by atoms with Gasteiger partial charge in [0.25, 0.3) is 0 Å². The molecule has 1 N–H and O–H groups in total. The fraction of sp³-hybridized carbons (Fsp3) is 0.304. The number of rotatable bonds is 10. The van der Waals surface area contributed by atoms with Crippen LogP contribution in [0.5, 0.6) is 11.5 Å². The Hall–Kier alpha value is -2.70. The zero-order chi connectivity index (χ0) is 23.0. The lowest BCUT2D eigenvalue weighted by Gasteiger charge is -2.17. The molecule has 0 bridgehead atoms. The number of likely N-dealkylation sites (N-methyl/N-ethyl adjacent to an activating group) is 1. The van der Waals surface area contributed by atoms with Crippen LogP contribution in [0.1, 0.15) is 31.9 Å². The molecule has 2 rings (SSSR count). The minimum atomic E-state index is -1.12. The normalized spacial score (nSPS) is 11.2. The number of carboxylic acids is 1. The highest BCUT2D eigenvalue weighted by Crippen LogP contribution is 2.33. The maximum Gasteiger partial charge on any atom is 0.341 e. The third-order valence-electron chi connectivity index (χ3n) is 4.60. The van der Waals surface area contributed by atoms with Crippen molar-refractivity contribution in [1.82, 2.24) is 4.90 Å². The Labute approximate surface area is 192 Å². The van der Waals surface area contributed by atoms with Crippen LogP contribution in [-0.2, 0) is 16.2 Å². The molecule has 0 saturated carbocycles. The molecule has 1 amide bonds. The molecule has 8 heteroatoms. The fourth-order valence-electron chi connectivity index (χ4n) is 2.84. The first-order valence-electron chi connectivity index (χ1n) is 9.78. The van der Waals surface area contributed by atoms with E-state index in [-0.39, 0.29) is 18.3 Å². The average Bonchev–Trinajstić information content (AvgIpc) is 2.73. The molecule has 0 radical (unpaired) electrons. The van der Waals surface area contributed by atoms with Crippen LogP contribution in [0.25, 0.3) is 5.57 Å². The lowest BCUT2D eigenvalue weighted by Crippen LogP contribution is -2.28. The highest BCUT2D eigenvalue weighted by Gasteiger charge is 2.14. The number of benzene rings is 2. The van der Waals surface area contributed by atoms with E-state index >= 15 is 0 Å². The van der Waals surface area contributed by atoms with Gasteiger partial charge in [0, 0.05) is 34.8 Å². The Morgan fingerprint density at radius 3 is 2.26 bits per heavy atom. The Morgan fingerprint density at radius 2 is 1.68 bits per heavy atom. The maximum atomic E-state index is 12.4. The van der Waals surface area contributed by atoms with Crippen LogP contribution in [-0.4, -0.2) is 41.6 Å². The minimum absolute atomic E-state index is 0.0799. The minimum Gasteiger partial charge on any atom is -0.485 e. The monoisotopic (exact) mass is 465 g/mol. The van der Waals surface area contributed by atoms with E-state index in [1.54, 1.807) is 47.4 Å². The van der Waals surface area contributed by atoms with Crippen molar-refractivity contribution < 1.29 is 24.2 Å². The molecule has 0 aliphatic rings. The first-order valence-corrected chi connectivity index (χ1v) is 10.5. The molecular weight excluding hydrogens is 441 g/mol. The zero-order valence-electron chi connectivity index (χ0n) is 17.7. The summed E-state index contributed by atoms with van der Waals surface area (Å²) >= 11 is 12.4. The molecule has 0 atom stereocenters. The van der Waals surface area contributed by atoms with Crippen molar-refractivity contribution in [3.8, 4) is 11.5 Å². The van der Waals surface area contributed by atoms with Crippen LogP contribution in [0, 0.1) is 0 Å². The van der Waals surface area contributed by atoms with Crippen molar-refractivity contribution in [2.45, 2.75) is 27.4 Å². The number of carbonyl (C=O) groups excluding carboxylic acids is 1. The lowest BCUT2D eigenvalue weighted by molar-refractivity contribution is -0.139. The number of carboxylic acid groups (broad SMARTS) is 1. The van der Waals surface area contributed by atoms with Crippen LogP contribution in [0.2, 0.25) is 10.0 Å². The Balaban J connectivity index is 2.30. The lowest BCUT2D eigenvalue weighted by atomic mass is 10.1. The van der Waals surface area contributed by atoms with E-state index < -0.39 is 12.6 Å². The molecular formula is C23H25Cl2NO5. The molecule has 0 fully saturated rings. The Bertz CT molecular complexity index is 950. The summed E-state index contributed by atoms with van der Waals surface area (Å²) in [5.41, 5.74) is 2.04. The third kappa shape index (κ3) is 6.91. The molecule has 0 unspecified atom stereocenters. The Kier molecular flexibility index (Phi) is 9.21. The number of hydrogen-bond acceptors (Lipinski definition) is 4. The predicted octanol–water partition coefficient (Wildman–Crippen LogP) is 5.31. The summed E-state index contributed by atoms with van der Waals surface area (Å²) in [6.45, 7) is 6.42. The molecule has 2 aromatic carbocycles. The second-order valence-electron chi connectivity index (χ2n) is 6.67. The van der Waals surface area contributed by atoms with Gasteiger partial charge in [0.1, 0.15) is 6.61 Å². The first kappa shape index (κ1) is 24.6. The molecule has 166 valence electrons. The number of hydrogen-bond donors (Lipinski definition) is 1. The van der Waals surface area contributed by atoms with Gasteiger partial charge in [-0.3, -0.25) is 4.79 Å². The van der Waals surface area contributed by atoms with Crippen molar-refractivity contribution >= 4 is 40.7 Å². The van der Waals surface area contributed by atoms with E-state index in [4.69, 9.17) is 37.8 Å². The average molecular weight is 466 g/mol. The number of halogens is 2. The standard InChI is InChI=1S/C23H25Cl2NO5/c1-4-26(5-2)22(27)11-15(3)16-9-10-20(21(12-16)31-14-23(28)29)30-13-17-18(24)7-6-8-19(17)25/h6-12H,4-5,13-14H2,1-3H3,(H,28,29)/b15-11-. The molecule has 0 spiro atoms. The summed E-state index contributed by atoms with van der Waals surface area (Å²) in [6, 6.07) is 10.2. The summed E-state index contributed by atoms with van der Waals surface area (Å²) in [5, 5.41) is 9.92. The molecule has 6 nitrogen and oxygen atoms in total. The molecule has 0 aromatic heterocycles. The van der Waals surface area contributed by atoms with Gasteiger partial charge in [-0.05, 0) is 56.2 Å². The number of aliphatic carboxylic acids is 1. The molecule has 0 saturated heterocycles. The van der Waals surface area contributed by atoms with Gasteiger partial charge in [-0.1, -0.05) is 35.3 Å². The number of carbonyl (C=O) groups is 2. The Morgan fingerprint density at radius 1 is 1.03 bits per heavy atom. The molecule has 2 aromatic rings. The zero-order valence-corrected chi connectivity index (χ0v) is 19.2. The largest absolute Gasteiger partial charge is 0.485 e. The number of allylic oxidation sites excluding steroid dienone is 1. The summed E-state index contributed by atoms with van der Waals surface area (Å²) in [7, 11) is 0.